The van der Waals surface area contributed by atoms with Crippen LogP contribution in [0.4, 0.5) is 8.78 Å². The zero-order valence-electron chi connectivity index (χ0n) is 7.14. The van der Waals surface area contributed by atoms with E-state index < -0.39 is 17.7 Å². The van der Waals surface area contributed by atoms with Crippen LogP contribution in [-0.2, 0) is 0 Å². The lowest BCUT2D eigenvalue weighted by atomic mass is 10.0. The molecule has 1 aromatic carbocycles. The number of hydrogen-bond donors (Lipinski definition) is 1. The summed E-state index contributed by atoms with van der Waals surface area (Å²) in [7, 11) is 0. The molecule has 2 N–H and O–H groups in total. The summed E-state index contributed by atoms with van der Waals surface area (Å²) in [5, 5.41) is 0. The van der Waals surface area contributed by atoms with Crippen molar-refractivity contribution in [3.63, 3.8) is 0 Å². The van der Waals surface area contributed by atoms with Gasteiger partial charge < -0.3 is 5.73 Å². The van der Waals surface area contributed by atoms with E-state index in [1.54, 1.807) is 0 Å². The molecule has 0 aromatic heterocycles. The van der Waals surface area contributed by atoms with Crippen molar-refractivity contribution in [1.82, 2.24) is 0 Å². The highest BCUT2D eigenvalue weighted by Crippen LogP contribution is 2.21. The summed E-state index contributed by atoms with van der Waals surface area (Å²) >= 11 is 0. The average molecular weight is 181 g/mol. The highest BCUT2D eigenvalue weighted by molar-refractivity contribution is 5.32. The van der Waals surface area contributed by atoms with E-state index in [2.05, 4.69) is 5.92 Å². The predicted molar refractivity (Wildman–Crippen MR) is 46.9 cm³/mol. The molecule has 0 saturated carbocycles. The lowest BCUT2D eigenvalue weighted by Crippen LogP contribution is -2.12. The van der Waals surface area contributed by atoms with Gasteiger partial charge in [0.1, 0.15) is 11.6 Å². The number of terminal acetylenes is 1. The fraction of sp³-hybridized carbons (Fsp3) is 0.200. The van der Waals surface area contributed by atoms with Crippen LogP contribution in [0.15, 0.2) is 12.1 Å². The first kappa shape index (κ1) is 9.69. The Labute approximate surface area is 75.6 Å². The van der Waals surface area contributed by atoms with E-state index in [9.17, 15) is 8.78 Å². The highest BCUT2D eigenvalue weighted by atomic mass is 19.1. The Kier molecular flexibility index (Phi) is 2.64. The van der Waals surface area contributed by atoms with E-state index in [-0.39, 0.29) is 5.56 Å². The Balaban J connectivity index is 3.35. The maximum atomic E-state index is 13.3. The highest BCUT2D eigenvalue weighted by Gasteiger charge is 2.16. The van der Waals surface area contributed by atoms with Crippen LogP contribution < -0.4 is 5.73 Å². The van der Waals surface area contributed by atoms with Gasteiger partial charge in [0, 0.05) is 0 Å². The van der Waals surface area contributed by atoms with Crippen molar-refractivity contribution in [1.29, 1.82) is 0 Å². The van der Waals surface area contributed by atoms with Crippen LogP contribution in [0.3, 0.4) is 0 Å². The molecule has 13 heavy (non-hydrogen) atoms. The van der Waals surface area contributed by atoms with Gasteiger partial charge in [0.05, 0.1) is 11.6 Å². The van der Waals surface area contributed by atoms with Crippen molar-refractivity contribution in [3.8, 4) is 12.3 Å². The minimum atomic E-state index is -1.03. The molecule has 0 aliphatic heterocycles. The molecule has 0 spiro atoms. The standard InChI is InChI=1S/C10H9F2N/c1-3-8(13)9-7(11)5-4-6(2)10(9)12/h1,4-5,8H,13H2,2H3. The Morgan fingerprint density at radius 1 is 1.46 bits per heavy atom. The van der Waals surface area contributed by atoms with E-state index in [4.69, 9.17) is 12.2 Å². The van der Waals surface area contributed by atoms with Gasteiger partial charge in [0.25, 0.3) is 0 Å². The number of hydrogen-bond acceptors (Lipinski definition) is 1. The normalized spacial score (nSPS) is 12.2. The van der Waals surface area contributed by atoms with Gasteiger partial charge in [0.15, 0.2) is 0 Å². The summed E-state index contributed by atoms with van der Waals surface area (Å²) in [5.74, 6) is 0.726. The molecule has 1 atom stereocenters. The predicted octanol–water partition coefficient (Wildman–Crippen LogP) is 1.91. The second-order valence-electron chi connectivity index (χ2n) is 2.74. The average Bonchev–Trinajstić information content (AvgIpc) is 2.12. The van der Waals surface area contributed by atoms with Crippen LogP contribution >= 0.6 is 0 Å². The molecule has 0 bridgehead atoms. The SMILES string of the molecule is C#CC(N)c1c(F)ccc(C)c1F. The van der Waals surface area contributed by atoms with Crippen LogP contribution in [-0.4, -0.2) is 0 Å². The van der Waals surface area contributed by atoms with Crippen LogP contribution in [0.25, 0.3) is 0 Å². The van der Waals surface area contributed by atoms with Gasteiger partial charge in [-0.3, -0.25) is 0 Å². The number of nitrogens with two attached hydrogens (primary N) is 1. The zero-order chi connectivity index (χ0) is 10.0. The third-order valence-electron chi connectivity index (χ3n) is 1.81. The van der Waals surface area contributed by atoms with Crippen molar-refractivity contribution < 1.29 is 8.78 Å². The third-order valence-corrected chi connectivity index (χ3v) is 1.81. The van der Waals surface area contributed by atoms with Crippen LogP contribution in [0.1, 0.15) is 17.2 Å². The Morgan fingerprint density at radius 2 is 2.08 bits per heavy atom. The van der Waals surface area contributed by atoms with Crippen molar-refractivity contribution >= 4 is 0 Å². The number of rotatable bonds is 1. The summed E-state index contributed by atoms with van der Waals surface area (Å²) in [4.78, 5) is 0. The van der Waals surface area contributed by atoms with Crippen molar-refractivity contribution in [2.75, 3.05) is 0 Å². The van der Waals surface area contributed by atoms with Gasteiger partial charge in [-0.25, -0.2) is 8.78 Å². The number of aryl methyl sites for hydroxylation is 1. The Hall–Kier alpha value is -1.40. The number of benzene rings is 1. The molecule has 0 aliphatic rings. The summed E-state index contributed by atoms with van der Waals surface area (Å²) in [6, 6.07) is 1.47. The molecule has 1 rings (SSSR count). The number of halogens is 2. The molecule has 0 amide bonds. The first-order chi connectivity index (χ1) is 6.07. The van der Waals surface area contributed by atoms with Crippen LogP contribution in [0, 0.1) is 30.9 Å². The van der Waals surface area contributed by atoms with Crippen LogP contribution in [0.2, 0.25) is 0 Å². The van der Waals surface area contributed by atoms with E-state index >= 15 is 0 Å². The summed E-state index contributed by atoms with van der Waals surface area (Å²) in [5.41, 5.74) is 5.45. The van der Waals surface area contributed by atoms with Gasteiger partial charge >= 0.3 is 0 Å². The minimum absolute atomic E-state index is 0.234. The summed E-state index contributed by atoms with van der Waals surface area (Å²) < 4.78 is 26.3. The van der Waals surface area contributed by atoms with Gasteiger partial charge in [-0.1, -0.05) is 12.0 Å². The van der Waals surface area contributed by atoms with Crippen molar-refractivity contribution in [2.45, 2.75) is 13.0 Å². The summed E-state index contributed by atoms with van der Waals surface area (Å²) in [6.07, 6.45) is 4.98. The van der Waals surface area contributed by atoms with E-state index in [1.165, 1.54) is 13.0 Å². The Morgan fingerprint density at radius 3 is 2.62 bits per heavy atom. The molecule has 0 fully saturated rings. The zero-order valence-corrected chi connectivity index (χ0v) is 7.14. The quantitative estimate of drug-likeness (QED) is 0.658. The molecule has 0 aliphatic carbocycles. The minimum Gasteiger partial charge on any atom is -0.314 e. The van der Waals surface area contributed by atoms with Gasteiger partial charge in [-0.2, -0.15) is 0 Å². The van der Waals surface area contributed by atoms with E-state index in [0.717, 1.165) is 6.07 Å². The van der Waals surface area contributed by atoms with Crippen LogP contribution in [0.5, 0.6) is 0 Å². The van der Waals surface area contributed by atoms with E-state index in [1.807, 2.05) is 0 Å². The Bertz CT molecular complexity index is 366. The first-order valence-electron chi connectivity index (χ1n) is 3.74. The molecule has 0 heterocycles. The lowest BCUT2D eigenvalue weighted by Gasteiger charge is -2.09. The maximum Gasteiger partial charge on any atom is 0.134 e. The second-order valence-corrected chi connectivity index (χ2v) is 2.74. The maximum absolute atomic E-state index is 13.3. The van der Waals surface area contributed by atoms with Crippen molar-refractivity contribution in [2.24, 2.45) is 5.73 Å². The topological polar surface area (TPSA) is 26.0 Å². The smallest absolute Gasteiger partial charge is 0.134 e. The summed E-state index contributed by atoms with van der Waals surface area (Å²) in [6.45, 7) is 1.53. The second kappa shape index (κ2) is 3.55. The molecule has 1 unspecified atom stereocenters. The first-order valence-corrected chi connectivity index (χ1v) is 3.74. The molecule has 1 nitrogen and oxygen atoms in total. The van der Waals surface area contributed by atoms with Gasteiger partial charge in [0.2, 0.25) is 0 Å². The monoisotopic (exact) mass is 181 g/mol. The molecule has 1 aromatic rings. The van der Waals surface area contributed by atoms with Gasteiger partial charge in [-0.15, -0.1) is 6.42 Å². The fourth-order valence-electron chi connectivity index (χ4n) is 1.05. The lowest BCUT2D eigenvalue weighted by molar-refractivity contribution is 0.543. The molecule has 0 radical (unpaired) electrons. The molecular weight excluding hydrogens is 172 g/mol. The third kappa shape index (κ3) is 1.68. The van der Waals surface area contributed by atoms with Crippen molar-refractivity contribution in [3.05, 3.63) is 34.9 Å². The largest absolute Gasteiger partial charge is 0.314 e. The molecule has 68 valence electrons. The van der Waals surface area contributed by atoms with E-state index in [0.29, 0.717) is 5.56 Å². The molecule has 3 heteroatoms. The molecule has 0 saturated heterocycles. The molecular formula is C10H9F2N. The van der Waals surface area contributed by atoms with Gasteiger partial charge in [-0.05, 0) is 18.6 Å². The fourth-order valence-corrected chi connectivity index (χ4v) is 1.05.